The van der Waals surface area contributed by atoms with Crippen LogP contribution in [0.25, 0.3) is 0 Å². The molecule has 6 heteroatoms. The Morgan fingerprint density at radius 2 is 1.91 bits per heavy atom. The lowest BCUT2D eigenvalue weighted by molar-refractivity contribution is 0.410. The van der Waals surface area contributed by atoms with Crippen LogP contribution in [0.4, 0.5) is 0 Å². The van der Waals surface area contributed by atoms with E-state index in [1.807, 2.05) is 30.3 Å². The highest BCUT2D eigenvalue weighted by molar-refractivity contribution is 14.0. The number of rotatable bonds is 6. The topological polar surface area (TPSA) is 53.5 Å². The molecule has 1 saturated carbocycles. The normalized spacial score (nSPS) is 17.2. The van der Waals surface area contributed by atoms with Gasteiger partial charge < -0.3 is 10.6 Å². The second-order valence-corrected chi connectivity index (χ2v) is 7.17. The number of aliphatic imine (C=N–C) groups is 1. The maximum Gasteiger partial charge on any atom is 0.191 e. The van der Waals surface area contributed by atoms with Gasteiger partial charge in [-0.1, -0.05) is 37.5 Å². The molecule has 1 aliphatic carbocycles. The Hall–Kier alpha value is -0.630. The first-order valence-electron chi connectivity index (χ1n) is 8.28. The van der Waals surface area contributed by atoms with E-state index in [9.17, 15) is 4.21 Å². The maximum absolute atomic E-state index is 12.2. The van der Waals surface area contributed by atoms with Gasteiger partial charge in [-0.2, -0.15) is 0 Å². The highest BCUT2D eigenvalue weighted by Crippen LogP contribution is 2.17. The van der Waals surface area contributed by atoms with E-state index in [4.69, 9.17) is 0 Å². The van der Waals surface area contributed by atoms with Crippen molar-refractivity contribution in [3.63, 3.8) is 0 Å². The Morgan fingerprint density at radius 3 is 2.57 bits per heavy atom. The maximum atomic E-state index is 12.2. The Balaban J connectivity index is 0.00000264. The second-order valence-electron chi connectivity index (χ2n) is 5.60. The molecule has 0 aromatic heterocycles. The average Bonchev–Trinajstić information content (AvgIpc) is 2.56. The molecule has 4 nitrogen and oxygen atoms in total. The summed E-state index contributed by atoms with van der Waals surface area (Å²) in [6.07, 6.45) is 6.40. The first kappa shape index (κ1) is 20.4. The number of guanidine groups is 1. The molecule has 0 spiro atoms. The summed E-state index contributed by atoms with van der Waals surface area (Å²) in [7, 11) is -0.973. The highest BCUT2D eigenvalue weighted by Gasteiger charge is 2.14. The Labute approximate surface area is 159 Å². The molecule has 0 aliphatic heterocycles. The van der Waals surface area contributed by atoms with Gasteiger partial charge in [0.2, 0.25) is 0 Å². The van der Waals surface area contributed by atoms with Crippen LogP contribution in [0, 0.1) is 0 Å². The summed E-state index contributed by atoms with van der Waals surface area (Å²) in [4.78, 5) is 5.45. The van der Waals surface area contributed by atoms with E-state index in [1.54, 1.807) is 0 Å². The zero-order valence-corrected chi connectivity index (χ0v) is 16.9. The molecule has 1 aromatic carbocycles. The third-order valence-corrected chi connectivity index (χ3v) is 5.19. The number of hydrogen-bond acceptors (Lipinski definition) is 2. The molecule has 0 amide bonds. The fourth-order valence-electron chi connectivity index (χ4n) is 2.69. The van der Waals surface area contributed by atoms with Crippen LogP contribution in [-0.2, 0) is 10.8 Å². The van der Waals surface area contributed by atoms with E-state index < -0.39 is 10.8 Å². The molecule has 0 saturated heterocycles. The van der Waals surface area contributed by atoms with Crippen LogP contribution >= 0.6 is 24.0 Å². The summed E-state index contributed by atoms with van der Waals surface area (Å²) in [6.45, 7) is 3.49. The largest absolute Gasteiger partial charge is 0.357 e. The lowest BCUT2D eigenvalue weighted by Gasteiger charge is -2.24. The van der Waals surface area contributed by atoms with E-state index in [-0.39, 0.29) is 24.0 Å². The smallest absolute Gasteiger partial charge is 0.191 e. The molecule has 23 heavy (non-hydrogen) atoms. The third-order valence-electron chi connectivity index (χ3n) is 3.84. The number of halogens is 1. The van der Waals surface area contributed by atoms with Crippen LogP contribution in [0.2, 0.25) is 0 Å². The standard InChI is InChI=1S/C17H27N3OS.HI/c1-2-18-17(20-15-9-5-3-6-10-15)19-13-14-22(21)16-11-7-4-8-12-16;/h4,7-8,11-12,15H,2-3,5-6,9-10,13-14H2,1H3,(H2,18,19,20);1H. The second kappa shape index (κ2) is 11.8. The van der Waals surface area contributed by atoms with Gasteiger partial charge in [0.25, 0.3) is 0 Å². The van der Waals surface area contributed by atoms with Gasteiger partial charge in [0.1, 0.15) is 0 Å². The van der Waals surface area contributed by atoms with E-state index >= 15 is 0 Å². The van der Waals surface area contributed by atoms with Crippen molar-refractivity contribution in [2.75, 3.05) is 18.8 Å². The minimum Gasteiger partial charge on any atom is -0.357 e. The Morgan fingerprint density at radius 1 is 1.22 bits per heavy atom. The van der Waals surface area contributed by atoms with Gasteiger partial charge in [-0.25, -0.2) is 0 Å². The van der Waals surface area contributed by atoms with Crippen LogP contribution in [0.3, 0.4) is 0 Å². The molecule has 2 N–H and O–H groups in total. The van der Waals surface area contributed by atoms with Gasteiger partial charge in [0.05, 0.1) is 17.3 Å². The average molecular weight is 449 g/mol. The zero-order valence-electron chi connectivity index (χ0n) is 13.8. The van der Waals surface area contributed by atoms with Crippen molar-refractivity contribution in [2.24, 2.45) is 4.99 Å². The van der Waals surface area contributed by atoms with Crippen molar-refractivity contribution < 1.29 is 4.21 Å². The number of nitrogens with zero attached hydrogens (tertiary/aromatic N) is 1. The lowest BCUT2D eigenvalue weighted by atomic mass is 9.96. The molecule has 1 unspecified atom stereocenters. The van der Waals surface area contributed by atoms with Crippen LogP contribution in [-0.4, -0.2) is 35.1 Å². The first-order valence-corrected chi connectivity index (χ1v) is 9.59. The highest BCUT2D eigenvalue weighted by atomic mass is 127. The molecule has 0 radical (unpaired) electrons. The van der Waals surface area contributed by atoms with E-state index in [2.05, 4.69) is 22.5 Å². The Bertz CT molecular complexity index is 490. The van der Waals surface area contributed by atoms with Gasteiger partial charge in [0.15, 0.2) is 5.96 Å². The van der Waals surface area contributed by atoms with Gasteiger partial charge >= 0.3 is 0 Å². The summed E-state index contributed by atoms with van der Waals surface area (Å²) in [6, 6.07) is 10.1. The van der Waals surface area contributed by atoms with Crippen LogP contribution in [0.5, 0.6) is 0 Å². The predicted molar refractivity (Wildman–Crippen MR) is 109 cm³/mol. The summed E-state index contributed by atoms with van der Waals surface area (Å²) in [5.74, 6) is 1.42. The molecular weight excluding hydrogens is 421 g/mol. The van der Waals surface area contributed by atoms with Gasteiger partial charge in [0, 0.05) is 23.2 Å². The monoisotopic (exact) mass is 449 g/mol. The van der Waals surface area contributed by atoms with Crippen molar-refractivity contribution >= 4 is 40.7 Å². The van der Waals surface area contributed by atoms with Crippen molar-refractivity contribution in [1.82, 2.24) is 10.6 Å². The van der Waals surface area contributed by atoms with Crippen LogP contribution in [0.1, 0.15) is 39.0 Å². The van der Waals surface area contributed by atoms with Crippen molar-refractivity contribution in [3.05, 3.63) is 30.3 Å². The van der Waals surface area contributed by atoms with Crippen LogP contribution < -0.4 is 10.6 Å². The van der Waals surface area contributed by atoms with Gasteiger partial charge in [-0.05, 0) is 31.9 Å². The van der Waals surface area contributed by atoms with Crippen molar-refractivity contribution in [2.45, 2.75) is 50.0 Å². The summed E-state index contributed by atoms with van der Waals surface area (Å²) >= 11 is 0. The molecule has 1 aromatic rings. The van der Waals surface area contributed by atoms with E-state index in [0.717, 1.165) is 17.4 Å². The van der Waals surface area contributed by atoms with Gasteiger partial charge in [-0.3, -0.25) is 9.20 Å². The first-order chi connectivity index (χ1) is 10.8. The molecule has 1 fully saturated rings. The SMILES string of the molecule is CCNC(=NCCS(=O)c1ccccc1)NC1CCCCC1.I. The third kappa shape index (κ3) is 7.65. The lowest BCUT2D eigenvalue weighted by Crippen LogP contribution is -2.44. The zero-order chi connectivity index (χ0) is 15.6. The fourth-order valence-corrected chi connectivity index (χ4v) is 3.64. The minimum absolute atomic E-state index is 0. The summed E-state index contributed by atoms with van der Waals surface area (Å²) in [5.41, 5.74) is 0. The van der Waals surface area contributed by atoms with E-state index in [0.29, 0.717) is 18.3 Å². The fraction of sp³-hybridized carbons (Fsp3) is 0.588. The predicted octanol–water partition coefficient (Wildman–Crippen LogP) is 3.30. The number of hydrogen-bond donors (Lipinski definition) is 2. The molecule has 1 aliphatic rings. The number of benzene rings is 1. The molecule has 0 bridgehead atoms. The summed E-state index contributed by atoms with van der Waals surface area (Å²) < 4.78 is 12.2. The van der Waals surface area contributed by atoms with Gasteiger partial charge in [-0.15, -0.1) is 24.0 Å². The molecular formula is C17H28IN3OS. The van der Waals surface area contributed by atoms with Crippen molar-refractivity contribution in [1.29, 1.82) is 0 Å². The molecule has 0 heterocycles. The quantitative estimate of drug-likeness (QED) is 0.398. The van der Waals surface area contributed by atoms with Crippen molar-refractivity contribution in [3.8, 4) is 0 Å². The molecule has 130 valence electrons. The summed E-state index contributed by atoms with van der Waals surface area (Å²) in [5, 5.41) is 6.79. The molecule has 1 atom stereocenters. The number of nitrogens with one attached hydrogen (secondary N) is 2. The molecule has 2 rings (SSSR count). The Kier molecular flexibility index (Phi) is 10.5. The van der Waals surface area contributed by atoms with Crippen LogP contribution in [0.15, 0.2) is 40.2 Å². The minimum atomic E-state index is -0.973. The van der Waals surface area contributed by atoms with E-state index in [1.165, 1.54) is 32.1 Å².